The Balaban J connectivity index is 2.06. The van der Waals surface area contributed by atoms with Crippen LogP contribution < -0.4 is 9.62 Å². The summed E-state index contributed by atoms with van der Waals surface area (Å²) in [5, 5.41) is 2.94. The van der Waals surface area contributed by atoms with Gasteiger partial charge in [-0.25, -0.2) is 8.42 Å². The zero-order chi connectivity index (χ0) is 29.0. The topological polar surface area (TPSA) is 86.8 Å². The van der Waals surface area contributed by atoms with Gasteiger partial charge in [-0.15, -0.1) is 0 Å². The molecule has 3 aromatic rings. The molecule has 0 saturated carbocycles. The van der Waals surface area contributed by atoms with Crippen molar-refractivity contribution < 1.29 is 18.0 Å². The lowest BCUT2D eigenvalue weighted by Crippen LogP contribution is -2.54. The molecule has 0 aliphatic heterocycles. The van der Waals surface area contributed by atoms with Gasteiger partial charge in [-0.2, -0.15) is 0 Å². The number of anilines is 1. The number of sulfonamides is 1. The van der Waals surface area contributed by atoms with E-state index in [0.29, 0.717) is 5.69 Å². The summed E-state index contributed by atoms with van der Waals surface area (Å²) in [5.41, 5.74) is 3.66. The summed E-state index contributed by atoms with van der Waals surface area (Å²) in [6, 6.07) is 20.2. The van der Waals surface area contributed by atoms with Gasteiger partial charge in [0.1, 0.15) is 12.6 Å². The van der Waals surface area contributed by atoms with Crippen LogP contribution in [0.1, 0.15) is 49.9 Å². The van der Waals surface area contributed by atoms with Crippen LogP contribution in [0.15, 0.2) is 77.7 Å². The van der Waals surface area contributed by atoms with E-state index >= 15 is 0 Å². The molecule has 0 spiro atoms. The first-order valence-electron chi connectivity index (χ1n) is 13.0. The molecule has 39 heavy (non-hydrogen) atoms. The number of nitrogens with zero attached hydrogens (tertiary/aromatic N) is 2. The summed E-state index contributed by atoms with van der Waals surface area (Å²) in [5.74, 6) is -0.791. The number of carbonyl (C=O) groups is 2. The highest BCUT2D eigenvalue weighted by atomic mass is 32.2. The van der Waals surface area contributed by atoms with Gasteiger partial charge in [0.05, 0.1) is 10.6 Å². The molecule has 3 aromatic carbocycles. The summed E-state index contributed by atoms with van der Waals surface area (Å²) in [6.07, 6.45) is 0. The number of hydrogen-bond acceptors (Lipinski definition) is 4. The van der Waals surface area contributed by atoms with E-state index in [1.165, 1.54) is 17.0 Å². The van der Waals surface area contributed by atoms with Crippen LogP contribution >= 0.6 is 0 Å². The first-order chi connectivity index (χ1) is 18.2. The van der Waals surface area contributed by atoms with Gasteiger partial charge in [0.15, 0.2) is 0 Å². The summed E-state index contributed by atoms with van der Waals surface area (Å²) < 4.78 is 28.9. The molecule has 7 nitrogen and oxygen atoms in total. The van der Waals surface area contributed by atoms with Crippen molar-refractivity contribution in [2.45, 2.75) is 71.5 Å². The van der Waals surface area contributed by atoms with E-state index < -0.39 is 34.1 Å². The number of amides is 2. The van der Waals surface area contributed by atoms with E-state index in [-0.39, 0.29) is 17.3 Å². The van der Waals surface area contributed by atoms with Gasteiger partial charge in [0.25, 0.3) is 10.0 Å². The Morgan fingerprint density at radius 1 is 0.846 bits per heavy atom. The Morgan fingerprint density at radius 3 is 2.05 bits per heavy atom. The average molecular weight is 550 g/mol. The minimum atomic E-state index is -4.08. The Morgan fingerprint density at radius 2 is 1.46 bits per heavy atom. The highest BCUT2D eigenvalue weighted by Gasteiger charge is 2.33. The lowest BCUT2D eigenvalue weighted by Gasteiger charge is -2.34. The van der Waals surface area contributed by atoms with Crippen LogP contribution in [0.2, 0.25) is 0 Å². The molecule has 8 heteroatoms. The number of carbonyl (C=O) groups excluding carboxylic acids is 2. The first-order valence-corrected chi connectivity index (χ1v) is 14.5. The molecular weight excluding hydrogens is 510 g/mol. The van der Waals surface area contributed by atoms with Crippen LogP contribution in [0.3, 0.4) is 0 Å². The van der Waals surface area contributed by atoms with Gasteiger partial charge in [-0.05, 0) is 95.0 Å². The Hall–Kier alpha value is -3.65. The zero-order valence-electron chi connectivity index (χ0n) is 23.9. The fourth-order valence-electron chi connectivity index (χ4n) is 4.16. The molecule has 3 rings (SSSR count). The lowest BCUT2D eigenvalue weighted by atomic mass is 10.1. The standard InChI is InChI=1S/C31H39N3O4S/c1-22-17-18-27(19-24(22)3)34(39(37,38)28-15-9-8-10-16-28)21-29(35)33(20-26-14-12-11-13-23(26)2)25(4)30(36)32-31(5,6)7/h8-19,25H,20-21H2,1-7H3,(H,32,36). The maximum atomic E-state index is 14.0. The van der Waals surface area contributed by atoms with Gasteiger partial charge in [-0.1, -0.05) is 48.5 Å². The average Bonchev–Trinajstić information content (AvgIpc) is 2.87. The summed E-state index contributed by atoms with van der Waals surface area (Å²) in [7, 11) is -4.08. The molecule has 2 amide bonds. The van der Waals surface area contributed by atoms with Crippen LogP contribution in [0.4, 0.5) is 5.69 Å². The molecule has 0 aliphatic rings. The maximum absolute atomic E-state index is 14.0. The quantitative estimate of drug-likeness (QED) is 0.401. The van der Waals surface area contributed by atoms with Crippen LogP contribution in [-0.2, 0) is 26.2 Å². The van der Waals surface area contributed by atoms with E-state index in [1.807, 2.05) is 71.9 Å². The third-order valence-electron chi connectivity index (χ3n) is 6.66. The second kappa shape index (κ2) is 12.0. The van der Waals surface area contributed by atoms with Crippen molar-refractivity contribution in [1.29, 1.82) is 0 Å². The van der Waals surface area contributed by atoms with Crippen molar-refractivity contribution in [1.82, 2.24) is 10.2 Å². The molecule has 1 atom stereocenters. The van der Waals surface area contributed by atoms with Crippen molar-refractivity contribution in [3.63, 3.8) is 0 Å². The highest BCUT2D eigenvalue weighted by Crippen LogP contribution is 2.26. The third-order valence-corrected chi connectivity index (χ3v) is 8.44. The molecular formula is C31H39N3O4S. The summed E-state index contributed by atoms with van der Waals surface area (Å²) >= 11 is 0. The van der Waals surface area contributed by atoms with Crippen molar-refractivity contribution in [2.75, 3.05) is 10.8 Å². The SMILES string of the molecule is Cc1ccc(N(CC(=O)N(Cc2ccccc2C)C(C)C(=O)NC(C)(C)C)S(=O)(=O)c2ccccc2)cc1C. The molecule has 0 heterocycles. The minimum Gasteiger partial charge on any atom is -0.350 e. The molecule has 0 aliphatic carbocycles. The van der Waals surface area contributed by atoms with E-state index in [1.54, 1.807) is 37.3 Å². The normalized spacial score (nSPS) is 12.5. The lowest BCUT2D eigenvalue weighted by molar-refractivity contribution is -0.140. The van der Waals surface area contributed by atoms with Crippen molar-refractivity contribution in [2.24, 2.45) is 0 Å². The number of aryl methyl sites for hydroxylation is 3. The molecule has 1 unspecified atom stereocenters. The molecule has 1 N–H and O–H groups in total. The maximum Gasteiger partial charge on any atom is 0.264 e. The van der Waals surface area contributed by atoms with Crippen LogP contribution in [0.25, 0.3) is 0 Å². The third kappa shape index (κ3) is 7.47. The smallest absolute Gasteiger partial charge is 0.264 e. The van der Waals surface area contributed by atoms with Gasteiger partial charge in [0, 0.05) is 12.1 Å². The van der Waals surface area contributed by atoms with E-state index in [0.717, 1.165) is 26.6 Å². The number of rotatable bonds is 9. The number of nitrogens with one attached hydrogen (secondary N) is 1. The molecule has 0 aromatic heterocycles. The highest BCUT2D eigenvalue weighted by molar-refractivity contribution is 7.92. The van der Waals surface area contributed by atoms with Gasteiger partial charge in [0.2, 0.25) is 11.8 Å². The van der Waals surface area contributed by atoms with Gasteiger partial charge in [-0.3, -0.25) is 13.9 Å². The first kappa shape index (κ1) is 29.9. The van der Waals surface area contributed by atoms with Crippen LogP contribution in [0, 0.1) is 20.8 Å². The monoisotopic (exact) mass is 549 g/mol. The van der Waals surface area contributed by atoms with Crippen molar-refractivity contribution >= 4 is 27.5 Å². The van der Waals surface area contributed by atoms with Crippen LogP contribution in [-0.4, -0.2) is 43.3 Å². The molecule has 0 saturated heterocycles. The summed E-state index contributed by atoms with van der Waals surface area (Å²) in [4.78, 5) is 28.8. The summed E-state index contributed by atoms with van der Waals surface area (Å²) in [6.45, 7) is 12.8. The minimum absolute atomic E-state index is 0.0833. The van der Waals surface area contributed by atoms with E-state index in [4.69, 9.17) is 0 Å². The molecule has 208 valence electrons. The van der Waals surface area contributed by atoms with Crippen molar-refractivity contribution in [3.05, 3.63) is 95.1 Å². The fraction of sp³-hybridized carbons (Fsp3) is 0.355. The molecule has 0 bridgehead atoms. The van der Waals surface area contributed by atoms with E-state index in [2.05, 4.69) is 5.32 Å². The van der Waals surface area contributed by atoms with Crippen LogP contribution in [0.5, 0.6) is 0 Å². The van der Waals surface area contributed by atoms with E-state index in [9.17, 15) is 18.0 Å². The van der Waals surface area contributed by atoms with Gasteiger partial charge >= 0.3 is 0 Å². The predicted molar refractivity (Wildman–Crippen MR) is 156 cm³/mol. The number of benzene rings is 3. The largest absolute Gasteiger partial charge is 0.350 e. The number of hydrogen-bond donors (Lipinski definition) is 1. The Bertz CT molecular complexity index is 1430. The zero-order valence-corrected chi connectivity index (χ0v) is 24.7. The second-order valence-corrected chi connectivity index (χ2v) is 12.8. The Labute approximate surface area is 232 Å². The molecule has 0 radical (unpaired) electrons. The van der Waals surface area contributed by atoms with Crippen molar-refractivity contribution in [3.8, 4) is 0 Å². The van der Waals surface area contributed by atoms with Gasteiger partial charge < -0.3 is 10.2 Å². The predicted octanol–water partition coefficient (Wildman–Crippen LogP) is 5.14. The second-order valence-electron chi connectivity index (χ2n) is 11.0. The molecule has 0 fully saturated rings. The Kier molecular flexibility index (Phi) is 9.22. The fourth-order valence-corrected chi connectivity index (χ4v) is 5.58.